The van der Waals surface area contributed by atoms with E-state index in [1.807, 2.05) is 7.05 Å². The van der Waals surface area contributed by atoms with Crippen LogP contribution in [-0.4, -0.2) is 30.2 Å². The number of aromatic nitrogens is 2. The molecule has 1 aromatic heterocycles. The van der Waals surface area contributed by atoms with Crippen molar-refractivity contribution in [2.24, 2.45) is 11.8 Å². The average molecular weight is 264 g/mol. The topological polar surface area (TPSA) is 59.1 Å². The molecule has 1 aliphatic carbocycles. The summed E-state index contributed by atoms with van der Waals surface area (Å²) in [5, 5.41) is 6.53. The van der Waals surface area contributed by atoms with Crippen LogP contribution >= 0.6 is 0 Å². The fraction of sp³-hybridized carbons (Fsp3) is 0.714. The summed E-state index contributed by atoms with van der Waals surface area (Å²) in [5.41, 5.74) is 0. The van der Waals surface area contributed by atoms with Crippen molar-refractivity contribution in [1.82, 2.24) is 9.97 Å². The molecule has 19 heavy (non-hydrogen) atoms. The molecule has 0 radical (unpaired) electrons. The molecular formula is C14H24N4O. The Balaban J connectivity index is 2.11. The van der Waals surface area contributed by atoms with Crippen molar-refractivity contribution < 1.29 is 4.74 Å². The highest BCUT2D eigenvalue weighted by molar-refractivity contribution is 5.63. The molecule has 1 fully saturated rings. The Morgan fingerprint density at radius 3 is 2.53 bits per heavy atom. The first-order valence-electron chi connectivity index (χ1n) is 6.99. The lowest BCUT2D eigenvalue weighted by molar-refractivity contribution is 0.260. The monoisotopic (exact) mass is 264 g/mol. The maximum Gasteiger partial charge on any atom is 0.204 e. The fourth-order valence-corrected chi connectivity index (χ4v) is 2.72. The summed E-state index contributed by atoms with van der Waals surface area (Å²) < 4.78 is 5.41. The first kappa shape index (κ1) is 13.9. The molecule has 106 valence electrons. The van der Waals surface area contributed by atoms with Gasteiger partial charge in [0.05, 0.1) is 7.11 Å². The van der Waals surface area contributed by atoms with Crippen LogP contribution in [0, 0.1) is 11.8 Å². The first-order chi connectivity index (χ1) is 9.15. The van der Waals surface area contributed by atoms with Crippen molar-refractivity contribution in [2.75, 3.05) is 24.8 Å². The molecule has 1 heterocycles. The lowest BCUT2D eigenvalue weighted by Crippen LogP contribution is -2.30. The maximum atomic E-state index is 5.41. The normalized spacial score (nSPS) is 26.8. The average Bonchev–Trinajstić information content (AvgIpc) is 2.42. The molecule has 1 aromatic rings. The van der Waals surface area contributed by atoms with Gasteiger partial charge in [-0.1, -0.05) is 13.8 Å². The highest BCUT2D eigenvalue weighted by Crippen LogP contribution is 2.34. The van der Waals surface area contributed by atoms with Crippen LogP contribution < -0.4 is 15.4 Å². The van der Waals surface area contributed by atoms with Gasteiger partial charge in [0.25, 0.3) is 0 Å². The van der Waals surface area contributed by atoms with Gasteiger partial charge in [-0.15, -0.1) is 0 Å². The number of anilines is 2. The maximum absolute atomic E-state index is 5.41. The van der Waals surface area contributed by atoms with Gasteiger partial charge in [0.1, 0.15) is 6.33 Å². The second-order valence-electron chi connectivity index (χ2n) is 5.46. The molecule has 0 aromatic carbocycles. The van der Waals surface area contributed by atoms with Gasteiger partial charge < -0.3 is 15.4 Å². The van der Waals surface area contributed by atoms with Crippen LogP contribution in [0.4, 0.5) is 11.6 Å². The first-order valence-corrected chi connectivity index (χ1v) is 6.99. The molecule has 3 unspecified atom stereocenters. The molecule has 3 atom stereocenters. The van der Waals surface area contributed by atoms with Crippen LogP contribution in [0.5, 0.6) is 5.75 Å². The predicted molar refractivity (Wildman–Crippen MR) is 77.7 cm³/mol. The van der Waals surface area contributed by atoms with Crippen molar-refractivity contribution in [3.63, 3.8) is 0 Å². The van der Waals surface area contributed by atoms with E-state index in [1.54, 1.807) is 13.4 Å². The molecule has 0 saturated heterocycles. The SMILES string of the molecule is CNc1ncnc(NC2CCC(C)C(C)C2)c1OC. The molecular weight excluding hydrogens is 240 g/mol. The van der Waals surface area contributed by atoms with Gasteiger partial charge in [0.15, 0.2) is 11.6 Å². The third-order valence-electron chi connectivity index (χ3n) is 4.18. The minimum atomic E-state index is 0.472. The Hall–Kier alpha value is -1.52. The Bertz CT molecular complexity index is 424. The van der Waals surface area contributed by atoms with Crippen molar-refractivity contribution >= 4 is 11.6 Å². The van der Waals surface area contributed by atoms with Crippen LogP contribution in [0.2, 0.25) is 0 Å². The summed E-state index contributed by atoms with van der Waals surface area (Å²) in [7, 11) is 3.48. The number of ether oxygens (including phenoxy) is 1. The smallest absolute Gasteiger partial charge is 0.204 e. The number of nitrogens with zero attached hydrogens (tertiary/aromatic N) is 2. The van der Waals surface area contributed by atoms with Crippen molar-refractivity contribution in [3.05, 3.63) is 6.33 Å². The van der Waals surface area contributed by atoms with Gasteiger partial charge in [-0.2, -0.15) is 0 Å². The molecule has 1 saturated carbocycles. The molecule has 1 aliphatic rings. The van der Waals surface area contributed by atoms with Gasteiger partial charge in [-0.3, -0.25) is 0 Å². The Labute approximate surface area is 115 Å². The van der Waals surface area contributed by atoms with E-state index < -0.39 is 0 Å². The van der Waals surface area contributed by atoms with Crippen LogP contribution in [0.1, 0.15) is 33.1 Å². The third-order valence-corrected chi connectivity index (χ3v) is 4.18. The summed E-state index contributed by atoms with van der Waals surface area (Å²) >= 11 is 0. The molecule has 5 heteroatoms. The van der Waals surface area contributed by atoms with E-state index in [0.717, 1.165) is 23.5 Å². The molecule has 5 nitrogen and oxygen atoms in total. The third kappa shape index (κ3) is 3.08. The zero-order valence-electron chi connectivity index (χ0n) is 12.2. The van der Waals surface area contributed by atoms with Crippen molar-refractivity contribution in [3.8, 4) is 5.75 Å². The summed E-state index contributed by atoms with van der Waals surface area (Å²) in [6.45, 7) is 4.67. The Morgan fingerprint density at radius 1 is 1.16 bits per heavy atom. The lowest BCUT2D eigenvalue weighted by atomic mass is 9.79. The van der Waals surface area contributed by atoms with E-state index in [4.69, 9.17) is 4.74 Å². The van der Waals surface area contributed by atoms with Crippen LogP contribution in [0.25, 0.3) is 0 Å². The minimum absolute atomic E-state index is 0.472. The van der Waals surface area contributed by atoms with Crippen LogP contribution in [-0.2, 0) is 0 Å². The number of nitrogens with one attached hydrogen (secondary N) is 2. The zero-order valence-corrected chi connectivity index (χ0v) is 12.2. The van der Waals surface area contributed by atoms with Gasteiger partial charge >= 0.3 is 0 Å². The lowest BCUT2D eigenvalue weighted by Gasteiger charge is -2.33. The molecule has 0 bridgehead atoms. The quantitative estimate of drug-likeness (QED) is 0.875. The Kier molecular flexibility index (Phi) is 4.45. The number of methoxy groups -OCH3 is 1. The molecule has 2 N–H and O–H groups in total. The fourth-order valence-electron chi connectivity index (χ4n) is 2.72. The van der Waals surface area contributed by atoms with Gasteiger partial charge in [0, 0.05) is 13.1 Å². The van der Waals surface area contributed by atoms with Crippen LogP contribution in [0.15, 0.2) is 6.33 Å². The van der Waals surface area contributed by atoms with E-state index in [0.29, 0.717) is 11.8 Å². The second kappa shape index (κ2) is 6.08. The summed E-state index contributed by atoms with van der Waals surface area (Å²) in [6, 6.07) is 0.472. The minimum Gasteiger partial charge on any atom is -0.490 e. The van der Waals surface area contributed by atoms with Crippen molar-refractivity contribution in [2.45, 2.75) is 39.2 Å². The Morgan fingerprint density at radius 2 is 1.89 bits per heavy atom. The number of hydrogen-bond acceptors (Lipinski definition) is 5. The molecule has 0 spiro atoms. The predicted octanol–water partition coefficient (Wildman–Crippen LogP) is 2.76. The van der Waals surface area contributed by atoms with E-state index in [1.165, 1.54) is 19.3 Å². The van der Waals surface area contributed by atoms with E-state index in [2.05, 4.69) is 34.4 Å². The number of rotatable bonds is 4. The summed E-state index contributed by atoms with van der Waals surface area (Å²) in [5.74, 6) is 3.77. The largest absolute Gasteiger partial charge is 0.490 e. The molecule has 2 rings (SSSR count). The summed E-state index contributed by atoms with van der Waals surface area (Å²) in [6.07, 6.45) is 5.20. The van der Waals surface area contributed by atoms with E-state index in [-0.39, 0.29) is 0 Å². The van der Waals surface area contributed by atoms with Crippen LogP contribution in [0.3, 0.4) is 0 Å². The zero-order chi connectivity index (χ0) is 13.8. The highest BCUT2D eigenvalue weighted by Gasteiger charge is 2.25. The van der Waals surface area contributed by atoms with E-state index in [9.17, 15) is 0 Å². The van der Waals surface area contributed by atoms with Gasteiger partial charge in [0.2, 0.25) is 5.75 Å². The standard InChI is InChI=1S/C14H24N4O/c1-9-5-6-11(7-10(9)2)18-14-12(19-4)13(15-3)16-8-17-14/h8-11H,5-7H2,1-4H3,(H2,15,16,17,18). The van der Waals surface area contributed by atoms with Crippen molar-refractivity contribution in [1.29, 1.82) is 0 Å². The van der Waals surface area contributed by atoms with Gasteiger partial charge in [-0.25, -0.2) is 9.97 Å². The summed E-state index contributed by atoms with van der Waals surface area (Å²) in [4.78, 5) is 8.47. The van der Waals surface area contributed by atoms with Gasteiger partial charge in [-0.05, 0) is 31.1 Å². The second-order valence-corrected chi connectivity index (χ2v) is 5.46. The molecule has 0 aliphatic heterocycles. The number of hydrogen-bond donors (Lipinski definition) is 2. The molecule has 0 amide bonds. The highest BCUT2D eigenvalue weighted by atomic mass is 16.5. The van der Waals surface area contributed by atoms with E-state index >= 15 is 0 Å².